The van der Waals surface area contributed by atoms with Crippen LogP contribution < -0.4 is 4.74 Å². The molecule has 2 fully saturated rings. The molecule has 2 atom stereocenters. The van der Waals surface area contributed by atoms with E-state index >= 15 is 0 Å². The second-order valence-corrected chi connectivity index (χ2v) is 8.11. The van der Waals surface area contributed by atoms with Crippen LogP contribution in [0.4, 0.5) is 0 Å². The molecule has 0 spiro atoms. The first-order valence-electron chi connectivity index (χ1n) is 10.8. The Hall–Kier alpha value is -3.22. The quantitative estimate of drug-likeness (QED) is 0.696. The van der Waals surface area contributed by atoms with E-state index in [1.54, 1.807) is 9.80 Å². The number of piperidine rings is 1. The summed E-state index contributed by atoms with van der Waals surface area (Å²) in [6.45, 7) is 3.60. The maximum absolute atomic E-state index is 13.4. The smallest absolute Gasteiger partial charge is 0.246 e. The average Bonchev–Trinajstić information content (AvgIpc) is 2.77. The first-order chi connectivity index (χ1) is 15.0. The number of fused-ring (bicyclic) bond motifs is 1. The number of carbonyl (C=O) groups excluding carboxylic acids is 2. The van der Waals surface area contributed by atoms with Gasteiger partial charge in [0, 0.05) is 24.6 Å². The first-order valence-corrected chi connectivity index (χ1v) is 10.8. The van der Waals surface area contributed by atoms with Crippen LogP contribution in [-0.2, 0) is 16.0 Å². The van der Waals surface area contributed by atoms with Crippen molar-refractivity contribution >= 4 is 11.8 Å². The fraction of sp³-hybridized carbons (Fsp3) is 0.417. The van der Waals surface area contributed by atoms with Crippen LogP contribution in [0.1, 0.15) is 36.8 Å². The largest absolute Gasteiger partial charge is 0.508 e. The number of nitrogens with zero attached hydrogens (tertiary/aromatic N) is 2. The van der Waals surface area contributed by atoms with Crippen LogP contribution in [0.2, 0.25) is 0 Å². The minimum absolute atomic E-state index is 0.0341. The Morgan fingerprint density at radius 2 is 1.87 bits per heavy atom. The number of carbonyl (C=O) groups is 2. The summed E-state index contributed by atoms with van der Waals surface area (Å²) in [6.07, 6.45) is 2.06. The molecular formula is C24H28N2O5. The molecule has 0 aliphatic carbocycles. The Bertz CT molecular complexity index is 959. The number of ether oxygens (including phenoxy) is 1. The zero-order valence-electron chi connectivity index (χ0n) is 17.7. The third-order valence-corrected chi connectivity index (χ3v) is 6.16. The molecule has 4 rings (SSSR count). The molecule has 2 aromatic rings. The molecule has 2 heterocycles. The molecule has 2 aliphatic heterocycles. The van der Waals surface area contributed by atoms with Gasteiger partial charge in [-0.3, -0.25) is 9.59 Å². The highest BCUT2D eigenvalue weighted by molar-refractivity contribution is 5.96. The molecule has 0 unspecified atom stereocenters. The lowest BCUT2D eigenvalue weighted by Gasteiger charge is -2.46. The van der Waals surface area contributed by atoms with Crippen LogP contribution in [0.5, 0.6) is 17.2 Å². The molecule has 0 radical (unpaired) electrons. The van der Waals surface area contributed by atoms with Crippen molar-refractivity contribution < 1.29 is 24.5 Å². The number of benzene rings is 2. The Balaban J connectivity index is 1.52. The SMILES string of the molecule is CCOc1ccc(CCN2CC(=O)N3CCC[C@@H](c4cc(O)ccc4O)[C@H]3C2=O)cc1. The summed E-state index contributed by atoms with van der Waals surface area (Å²) in [5, 5.41) is 20.3. The van der Waals surface area contributed by atoms with E-state index in [4.69, 9.17) is 4.74 Å². The Labute approximate surface area is 181 Å². The molecular weight excluding hydrogens is 396 g/mol. The molecule has 2 aromatic carbocycles. The molecule has 2 N–H and O–H groups in total. The Morgan fingerprint density at radius 3 is 2.61 bits per heavy atom. The van der Waals surface area contributed by atoms with Crippen molar-refractivity contribution in [3.63, 3.8) is 0 Å². The van der Waals surface area contributed by atoms with Crippen LogP contribution in [0.15, 0.2) is 42.5 Å². The van der Waals surface area contributed by atoms with Crippen molar-refractivity contribution in [2.45, 2.75) is 38.1 Å². The summed E-state index contributed by atoms with van der Waals surface area (Å²) in [5.41, 5.74) is 1.58. The summed E-state index contributed by atoms with van der Waals surface area (Å²) < 4.78 is 5.46. The molecule has 0 aromatic heterocycles. The van der Waals surface area contributed by atoms with Gasteiger partial charge >= 0.3 is 0 Å². The number of piperazine rings is 1. The van der Waals surface area contributed by atoms with Crippen molar-refractivity contribution in [2.75, 3.05) is 26.2 Å². The first kappa shape index (κ1) is 21.0. The predicted molar refractivity (Wildman–Crippen MR) is 115 cm³/mol. The molecule has 7 heteroatoms. The average molecular weight is 424 g/mol. The summed E-state index contributed by atoms with van der Waals surface area (Å²) in [4.78, 5) is 29.5. The fourth-order valence-corrected chi connectivity index (χ4v) is 4.64. The number of phenols is 2. The van der Waals surface area contributed by atoms with Crippen molar-refractivity contribution in [3.8, 4) is 17.2 Å². The molecule has 7 nitrogen and oxygen atoms in total. The lowest BCUT2D eigenvalue weighted by Crippen LogP contribution is -2.63. The normalized spacial score (nSPS) is 21.2. The van der Waals surface area contributed by atoms with Crippen molar-refractivity contribution in [2.24, 2.45) is 0 Å². The van der Waals surface area contributed by atoms with Crippen LogP contribution in [0.25, 0.3) is 0 Å². The lowest BCUT2D eigenvalue weighted by molar-refractivity contribution is -0.158. The highest BCUT2D eigenvalue weighted by Crippen LogP contribution is 2.40. The number of rotatable bonds is 6. The molecule has 2 aliphatic rings. The fourth-order valence-electron chi connectivity index (χ4n) is 4.64. The molecule has 0 bridgehead atoms. The van der Waals surface area contributed by atoms with E-state index in [0.29, 0.717) is 38.1 Å². The standard InChI is InChI=1S/C24H28N2O5/c1-2-31-18-8-5-16(6-9-18)11-13-25-15-22(29)26-12-3-4-19(23(26)24(25)30)20-14-17(27)7-10-21(20)28/h5-10,14,19,23,27-28H,2-4,11-13,15H2,1H3/t19-,23-/m0/s1. The highest BCUT2D eigenvalue weighted by Gasteiger charge is 2.46. The van der Waals surface area contributed by atoms with Crippen LogP contribution >= 0.6 is 0 Å². The number of amides is 2. The van der Waals surface area contributed by atoms with Gasteiger partial charge < -0.3 is 24.7 Å². The van der Waals surface area contributed by atoms with Gasteiger partial charge in [0.25, 0.3) is 0 Å². The van der Waals surface area contributed by atoms with Crippen molar-refractivity contribution in [1.82, 2.24) is 9.80 Å². The van der Waals surface area contributed by atoms with Crippen molar-refractivity contribution in [1.29, 1.82) is 0 Å². The number of aromatic hydroxyl groups is 2. The maximum atomic E-state index is 13.4. The van der Waals surface area contributed by atoms with E-state index in [2.05, 4.69) is 0 Å². The second kappa shape index (κ2) is 8.88. The minimum Gasteiger partial charge on any atom is -0.508 e. The molecule has 2 saturated heterocycles. The van der Waals surface area contributed by atoms with E-state index in [1.807, 2.05) is 31.2 Å². The van der Waals surface area contributed by atoms with E-state index in [0.717, 1.165) is 17.7 Å². The van der Waals surface area contributed by atoms with Gasteiger partial charge in [0.05, 0.1) is 13.2 Å². The second-order valence-electron chi connectivity index (χ2n) is 8.11. The number of hydrogen-bond acceptors (Lipinski definition) is 5. The third kappa shape index (κ3) is 4.31. The number of phenolic OH excluding ortho intramolecular Hbond substituents is 2. The zero-order valence-corrected chi connectivity index (χ0v) is 17.7. The van der Waals surface area contributed by atoms with E-state index in [9.17, 15) is 19.8 Å². The molecule has 31 heavy (non-hydrogen) atoms. The predicted octanol–water partition coefficient (Wildman–Crippen LogP) is 2.66. The van der Waals surface area contributed by atoms with E-state index in [1.165, 1.54) is 18.2 Å². The van der Waals surface area contributed by atoms with Crippen LogP contribution in [0, 0.1) is 0 Å². The van der Waals surface area contributed by atoms with Gasteiger partial charge in [0.15, 0.2) is 0 Å². The van der Waals surface area contributed by atoms with Gasteiger partial charge in [-0.25, -0.2) is 0 Å². The monoisotopic (exact) mass is 424 g/mol. The Kier molecular flexibility index (Phi) is 6.02. The zero-order chi connectivity index (χ0) is 22.0. The summed E-state index contributed by atoms with van der Waals surface area (Å²) in [6, 6.07) is 11.5. The maximum Gasteiger partial charge on any atom is 0.246 e. The van der Waals surface area contributed by atoms with Gasteiger partial charge in [-0.2, -0.15) is 0 Å². The van der Waals surface area contributed by atoms with E-state index < -0.39 is 6.04 Å². The summed E-state index contributed by atoms with van der Waals surface area (Å²) in [5.74, 6) is 0.370. The third-order valence-electron chi connectivity index (χ3n) is 6.16. The topological polar surface area (TPSA) is 90.3 Å². The molecule has 164 valence electrons. The highest BCUT2D eigenvalue weighted by atomic mass is 16.5. The summed E-state index contributed by atoms with van der Waals surface area (Å²) >= 11 is 0. The Morgan fingerprint density at radius 1 is 1.10 bits per heavy atom. The minimum atomic E-state index is -0.650. The number of hydrogen-bond donors (Lipinski definition) is 2. The van der Waals surface area contributed by atoms with Gasteiger partial charge in [-0.15, -0.1) is 0 Å². The molecule has 2 amide bonds. The molecule has 0 saturated carbocycles. The van der Waals surface area contributed by atoms with Gasteiger partial charge in [-0.05, 0) is 62.1 Å². The summed E-state index contributed by atoms with van der Waals surface area (Å²) in [7, 11) is 0. The van der Waals surface area contributed by atoms with Crippen molar-refractivity contribution in [3.05, 3.63) is 53.6 Å². The van der Waals surface area contributed by atoms with Gasteiger partial charge in [0.1, 0.15) is 23.3 Å². The van der Waals surface area contributed by atoms with Crippen LogP contribution in [-0.4, -0.2) is 64.1 Å². The van der Waals surface area contributed by atoms with Crippen LogP contribution in [0.3, 0.4) is 0 Å². The van der Waals surface area contributed by atoms with E-state index in [-0.39, 0.29) is 35.8 Å². The van der Waals surface area contributed by atoms with Gasteiger partial charge in [-0.1, -0.05) is 12.1 Å². The van der Waals surface area contributed by atoms with Gasteiger partial charge in [0.2, 0.25) is 11.8 Å². The lowest BCUT2D eigenvalue weighted by atomic mass is 9.81.